The van der Waals surface area contributed by atoms with Crippen molar-refractivity contribution in [3.63, 3.8) is 0 Å². The number of amides is 2. The molecule has 0 spiro atoms. The van der Waals surface area contributed by atoms with E-state index >= 15 is 0 Å². The summed E-state index contributed by atoms with van der Waals surface area (Å²) in [6, 6.07) is 14.8. The first-order valence-corrected chi connectivity index (χ1v) is 11.5. The average Bonchev–Trinajstić information content (AvgIpc) is 3.13. The molecule has 0 aliphatic heterocycles. The van der Waals surface area contributed by atoms with Crippen LogP contribution >= 0.6 is 0 Å². The average molecular weight is 453 g/mol. The summed E-state index contributed by atoms with van der Waals surface area (Å²) in [5.41, 5.74) is 4.56. The number of carboxylic acid groups (broad SMARTS) is 1. The van der Waals surface area contributed by atoms with Gasteiger partial charge in [-0.25, -0.2) is 9.59 Å². The van der Waals surface area contributed by atoms with Gasteiger partial charge in [0, 0.05) is 18.4 Å². The number of hydrogen-bond acceptors (Lipinski definition) is 4. The van der Waals surface area contributed by atoms with Crippen molar-refractivity contribution in [2.75, 3.05) is 6.61 Å². The number of rotatable bonds is 10. The minimum Gasteiger partial charge on any atom is -0.480 e. The molecule has 1 aliphatic carbocycles. The monoisotopic (exact) mass is 452 g/mol. The molecule has 176 valence electrons. The predicted octanol–water partition coefficient (Wildman–Crippen LogP) is 4.31. The number of fused-ring (bicyclic) bond motifs is 3. The Hall–Kier alpha value is -3.35. The number of hydrogen-bond donors (Lipinski definition) is 3. The number of ether oxygens (including phenoxy) is 1. The maximum absolute atomic E-state index is 12.5. The van der Waals surface area contributed by atoms with Gasteiger partial charge in [0.2, 0.25) is 5.91 Å². The lowest BCUT2D eigenvalue weighted by Crippen LogP contribution is -2.47. The van der Waals surface area contributed by atoms with Gasteiger partial charge in [-0.3, -0.25) is 4.79 Å². The number of aliphatic carboxylic acids is 1. The molecule has 0 saturated carbocycles. The van der Waals surface area contributed by atoms with Gasteiger partial charge >= 0.3 is 12.1 Å². The molecule has 3 atom stereocenters. The summed E-state index contributed by atoms with van der Waals surface area (Å²) < 4.78 is 5.55. The molecule has 0 radical (unpaired) electrons. The summed E-state index contributed by atoms with van der Waals surface area (Å²) in [6.07, 6.45) is 0.541. The molecule has 2 aromatic rings. The molecular formula is C26H32N2O5. The molecule has 0 heterocycles. The Labute approximate surface area is 194 Å². The number of alkyl carbamates (subject to hydrolysis) is 1. The van der Waals surface area contributed by atoms with Crippen LogP contribution in [0.2, 0.25) is 0 Å². The Morgan fingerprint density at radius 2 is 1.52 bits per heavy atom. The van der Waals surface area contributed by atoms with E-state index in [2.05, 4.69) is 34.9 Å². The summed E-state index contributed by atoms with van der Waals surface area (Å²) in [7, 11) is 0. The quantitative estimate of drug-likeness (QED) is 0.498. The normalized spacial score (nSPS) is 15.0. The van der Waals surface area contributed by atoms with Crippen molar-refractivity contribution >= 4 is 18.0 Å². The van der Waals surface area contributed by atoms with Gasteiger partial charge in [0.05, 0.1) is 0 Å². The lowest BCUT2D eigenvalue weighted by molar-refractivity contribution is -0.143. The molecule has 33 heavy (non-hydrogen) atoms. The lowest BCUT2D eigenvalue weighted by Gasteiger charge is -2.22. The second-order valence-electron chi connectivity index (χ2n) is 8.55. The van der Waals surface area contributed by atoms with E-state index in [9.17, 15) is 19.5 Å². The highest BCUT2D eigenvalue weighted by Crippen LogP contribution is 2.44. The van der Waals surface area contributed by atoms with Crippen LogP contribution in [0.4, 0.5) is 4.79 Å². The Kier molecular flexibility index (Phi) is 8.09. The summed E-state index contributed by atoms with van der Waals surface area (Å²) in [5, 5.41) is 14.7. The molecule has 3 N–H and O–H groups in total. The Balaban J connectivity index is 1.57. The molecule has 0 saturated heterocycles. The number of nitrogens with one attached hydrogen (secondary N) is 2. The largest absolute Gasteiger partial charge is 0.480 e. The fraction of sp³-hybridized carbons (Fsp3) is 0.423. The fourth-order valence-electron chi connectivity index (χ4n) is 4.24. The van der Waals surface area contributed by atoms with Crippen LogP contribution in [0.15, 0.2) is 48.5 Å². The SMILES string of the molecule is CCC(CC(=O)N[C@H](C(=O)O)[C@@H](C)CC)NC(=O)OCC1c2ccccc2-c2ccccc21. The van der Waals surface area contributed by atoms with Crippen LogP contribution < -0.4 is 10.6 Å². The van der Waals surface area contributed by atoms with E-state index in [4.69, 9.17) is 4.74 Å². The highest BCUT2D eigenvalue weighted by molar-refractivity contribution is 5.84. The zero-order valence-electron chi connectivity index (χ0n) is 19.3. The minimum atomic E-state index is -1.06. The van der Waals surface area contributed by atoms with Crippen molar-refractivity contribution in [3.8, 4) is 11.1 Å². The summed E-state index contributed by atoms with van der Waals surface area (Å²) in [4.78, 5) is 36.4. The van der Waals surface area contributed by atoms with Crippen molar-refractivity contribution in [2.45, 2.75) is 58.0 Å². The van der Waals surface area contributed by atoms with Crippen LogP contribution in [-0.2, 0) is 14.3 Å². The molecular weight excluding hydrogens is 420 g/mol. The van der Waals surface area contributed by atoms with E-state index < -0.39 is 30.1 Å². The van der Waals surface area contributed by atoms with E-state index in [1.54, 1.807) is 6.92 Å². The van der Waals surface area contributed by atoms with E-state index in [0.29, 0.717) is 12.8 Å². The maximum atomic E-state index is 12.5. The lowest BCUT2D eigenvalue weighted by atomic mass is 9.98. The van der Waals surface area contributed by atoms with Gasteiger partial charge in [0.15, 0.2) is 0 Å². The maximum Gasteiger partial charge on any atom is 0.407 e. The summed E-state index contributed by atoms with van der Waals surface area (Å²) in [6.45, 7) is 5.70. The van der Waals surface area contributed by atoms with Crippen LogP contribution in [0, 0.1) is 5.92 Å². The smallest absolute Gasteiger partial charge is 0.407 e. The first-order valence-electron chi connectivity index (χ1n) is 11.5. The highest BCUT2D eigenvalue weighted by atomic mass is 16.5. The van der Waals surface area contributed by atoms with Crippen molar-refractivity contribution in [3.05, 3.63) is 59.7 Å². The second-order valence-corrected chi connectivity index (χ2v) is 8.55. The van der Waals surface area contributed by atoms with Crippen molar-refractivity contribution in [2.24, 2.45) is 5.92 Å². The molecule has 2 aromatic carbocycles. The molecule has 1 aliphatic rings. The Bertz CT molecular complexity index is 960. The molecule has 0 aromatic heterocycles. The predicted molar refractivity (Wildman–Crippen MR) is 126 cm³/mol. The van der Waals surface area contributed by atoms with Gasteiger partial charge in [0.1, 0.15) is 12.6 Å². The third kappa shape index (κ3) is 5.72. The fourth-order valence-corrected chi connectivity index (χ4v) is 4.24. The third-order valence-electron chi connectivity index (χ3n) is 6.39. The minimum absolute atomic E-state index is 0.0130. The Morgan fingerprint density at radius 1 is 0.939 bits per heavy atom. The molecule has 0 fully saturated rings. The number of carbonyl (C=O) groups excluding carboxylic acids is 2. The summed E-state index contributed by atoms with van der Waals surface area (Å²) in [5.74, 6) is -1.70. The zero-order chi connectivity index (χ0) is 24.0. The molecule has 7 heteroatoms. The molecule has 1 unspecified atom stereocenters. The second kappa shape index (κ2) is 11.0. The molecule has 7 nitrogen and oxygen atoms in total. The number of carboxylic acids is 1. The van der Waals surface area contributed by atoms with Crippen LogP contribution in [-0.4, -0.2) is 41.8 Å². The third-order valence-corrected chi connectivity index (χ3v) is 6.39. The van der Waals surface area contributed by atoms with E-state index in [0.717, 1.165) is 22.3 Å². The van der Waals surface area contributed by atoms with E-state index in [1.807, 2.05) is 38.1 Å². The highest BCUT2D eigenvalue weighted by Gasteiger charge is 2.30. The topological polar surface area (TPSA) is 105 Å². The summed E-state index contributed by atoms with van der Waals surface area (Å²) >= 11 is 0. The van der Waals surface area contributed by atoms with Gasteiger partial charge in [-0.15, -0.1) is 0 Å². The van der Waals surface area contributed by atoms with Crippen molar-refractivity contribution in [1.82, 2.24) is 10.6 Å². The van der Waals surface area contributed by atoms with E-state index in [1.165, 1.54) is 0 Å². The van der Waals surface area contributed by atoms with Crippen molar-refractivity contribution in [1.29, 1.82) is 0 Å². The van der Waals surface area contributed by atoms with Gasteiger partial charge in [-0.2, -0.15) is 0 Å². The van der Waals surface area contributed by atoms with Crippen LogP contribution in [0.1, 0.15) is 57.1 Å². The van der Waals surface area contributed by atoms with Gasteiger partial charge in [-0.1, -0.05) is 75.7 Å². The molecule has 3 rings (SSSR count). The number of carbonyl (C=O) groups is 3. The Morgan fingerprint density at radius 3 is 2.03 bits per heavy atom. The first-order chi connectivity index (χ1) is 15.8. The standard InChI is InChI=1S/C26H32N2O5/c1-4-16(3)24(25(30)31)28-23(29)14-17(5-2)27-26(32)33-15-22-20-12-8-6-10-18(20)19-11-7-9-13-21(19)22/h6-13,16-17,22,24H,4-5,14-15H2,1-3H3,(H,27,32)(H,28,29)(H,30,31)/t16-,17?,24-/m0/s1. The van der Waals surface area contributed by atoms with Crippen molar-refractivity contribution < 1.29 is 24.2 Å². The zero-order valence-corrected chi connectivity index (χ0v) is 19.3. The van der Waals surface area contributed by atoms with Crippen LogP contribution in [0.5, 0.6) is 0 Å². The van der Waals surface area contributed by atoms with Gasteiger partial charge in [0.25, 0.3) is 0 Å². The van der Waals surface area contributed by atoms with Gasteiger partial charge < -0.3 is 20.5 Å². The first kappa shape index (κ1) is 24.3. The van der Waals surface area contributed by atoms with Crippen LogP contribution in [0.25, 0.3) is 11.1 Å². The molecule has 0 bridgehead atoms. The molecule has 2 amide bonds. The van der Waals surface area contributed by atoms with Crippen LogP contribution in [0.3, 0.4) is 0 Å². The van der Waals surface area contributed by atoms with Gasteiger partial charge in [-0.05, 0) is 34.6 Å². The number of benzene rings is 2. The van der Waals surface area contributed by atoms with E-state index in [-0.39, 0.29) is 24.9 Å².